The molecule has 0 spiro atoms. The quantitative estimate of drug-likeness (QED) is 0.720. The van der Waals surface area contributed by atoms with Crippen molar-refractivity contribution in [2.24, 2.45) is 0 Å². The number of hydrogen-bond acceptors (Lipinski definition) is 3. The van der Waals surface area contributed by atoms with Crippen LogP contribution in [0.4, 0.5) is 0 Å². The standard InChI is InChI=1S/C12H20ClN3O2S/c1-11-6-4-7-12(14-11)10-16(3)19(17,18)15(2)9-5-8-13/h4,6-7H,5,8-10H2,1-3H3. The third-order valence-electron chi connectivity index (χ3n) is 2.73. The summed E-state index contributed by atoms with van der Waals surface area (Å²) in [6.07, 6.45) is 0.633. The van der Waals surface area contributed by atoms with Gasteiger partial charge in [-0.2, -0.15) is 17.0 Å². The molecule has 1 aromatic rings. The molecular weight excluding hydrogens is 286 g/mol. The normalized spacial score (nSPS) is 12.3. The molecule has 1 rings (SSSR count). The first-order valence-electron chi connectivity index (χ1n) is 6.04. The van der Waals surface area contributed by atoms with Crippen molar-refractivity contribution >= 4 is 21.8 Å². The minimum absolute atomic E-state index is 0.259. The van der Waals surface area contributed by atoms with Crippen molar-refractivity contribution in [3.63, 3.8) is 0 Å². The predicted molar refractivity (Wildman–Crippen MR) is 77.3 cm³/mol. The zero-order valence-electron chi connectivity index (χ0n) is 11.5. The molecule has 108 valence electrons. The maximum atomic E-state index is 12.2. The average molecular weight is 306 g/mol. The largest absolute Gasteiger partial charge is 0.281 e. The Morgan fingerprint density at radius 3 is 2.53 bits per heavy atom. The SMILES string of the molecule is Cc1cccc(CN(C)S(=O)(=O)N(C)CCCCl)n1. The molecule has 0 N–H and O–H groups in total. The van der Waals surface area contributed by atoms with Gasteiger partial charge in [-0.05, 0) is 25.5 Å². The van der Waals surface area contributed by atoms with Crippen LogP contribution >= 0.6 is 11.6 Å². The molecule has 0 saturated carbocycles. The predicted octanol–water partition coefficient (Wildman–Crippen LogP) is 1.63. The van der Waals surface area contributed by atoms with E-state index in [1.54, 1.807) is 14.1 Å². The summed E-state index contributed by atoms with van der Waals surface area (Å²) in [5.74, 6) is 0.447. The van der Waals surface area contributed by atoms with E-state index in [0.29, 0.717) is 18.8 Å². The summed E-state index contributed by atoms with van der Waals surface area (Å²) in [6, 6.07) is 5.57. The molecule has 0 radical (unpaired) electrons. The average Bonchev–Trinajstić information content (AvgIpc) is 2.35. The van der Waals surface area contributed by atoms with Crippen LogP contribution in [0.2, 0.25) is 0 Å². The van der Waals surface area contributed by atoms with Gasteiger partial charge in [0.25, 0.3) is 10.2 Å². The number of halogens is 1. The molecule has 0 saturated heterocycles. The smallest absolute Gasteiger partial charge is 0.257 e. The van der Waals surface area contributed by atoms with E-state index in [1.807, 2.05) is 25.1 Å². The van der Waals surface area contributed by atoms with E-state index in [9.17, 15) is 8.42 Å². The van der Waals surface area contributed by atoms with Crippen molar-refractivity contribution in [3.8, 4) is 0 Å². The summed E-state index contributed by atoms with van der Waals surface area (Å²) in [6.45, 7) is 2.55. The van der Waals surface area contributed by atoms with Crippen LogP contribution in [-0.4, -0.2) is 48.5 Å². The fourth-order valence-corrected chi connectivity index (χ4v) is 2.88. The molecule has 7 heteroatoms. The van der Waals surface area contributed by atoms with Gasteiger partial charge in [0.2, 0.25) is 0 Å². The first-order chi connectivity index (χ1) is 8.87. The summed E-state index contributed by atoms with van der Waals surface area (Å²) < 4.78 is 27.0. The molecule has 0 aromatic carbocycles. The highest BCUT2D eigenvalue weighted by Gasteiger charge is 2.23. The number of hydrogen-bond donors (Lipinski definition) is 0. The van der Waals surface area contributed by atoms with Crippen molar-refractivity contribution < 1.29 is 8.42 Å². The lowest BCUT2D eigenvalue weighted by Crippen LogP contribution is -2.39. The van der Waals surface area contributed by atoms with Crippen LogP contribution in [0.25, 0.3) is 0 Å². The molecule has 0 fully saturated rings. The second kappa shape index (κ2) is 7.19. The Hall–Kier alpha value is -0.690. The Morgan fingerprint density at radius 1 is 1.26 bits per heavy atom. The third kappa shape index (κ3) is 4.72. The van der Waals surface area contributed by atoms with Crippen LogP contribution in [0.1, 0.15) is 17.8 Å². The number of aromatic nitrogens is 1. The summed E-state index contributed by atoms with van der Waals surface area (Å²) in [5, 5.41) is 0. The summed E-state index contributed by atoms with van der Waals surface area (Å²) in [5.41, 5.74) is 1.61. The van der Waals surface area contributed by atoms with Gasteiger partial charge >= 0.3 is 0 Å². The first kappa shape index (κ1) is 16.4. The van der Waals surface area contributed by atoms with Gasteiger partial charge < -0.3 is 0 Å². The zero-order chi connectivity index (χ0) is 14.5. The van der Waals surface area contributed by atoms with E-state index in [2.05, 4.69) is 4.98 Å². The number of aryl methyl sites for hydroxylation is 1. The molecule has 0 bridgehead atoms. The fourth-order valence-electron chi connectivity index (χ4n) is 1.63. The van der Waals surface area contributed by atoms with E-state index < -0.39 is 10.2 Å². The van der Waals surface area contributed by atoms with Crippen LogP contribution in [-0.2, 0) is 16.8 Å². The van der Waals surface area contributed by atoms with Crippen LogP contribution in [0.3, 0.4) is 0 Å². The number of rotatable bonds is 7. The molecule has 0 aliphatic carbocycles. The number of pyridine rings is 1. The number of nitrogens with zero attached hydrogens (tertiary/aromatic N) is 3. The lowest BCUT2D eigenvalue weighted by atomic mass is 10.3. The van der Waals surface area contributed by atoms with Crippen molar-refractivity contribution in [3.05, 3.63) is 29.6 Å². The van der Waals surface area contributed by atoms with Gasteiger partial charge in [0.15, 0.2) is 0 Å². The Labute approximate surface area is 120 Å². The lowest BCUT2D eigenvalue weighted by molar-refractivity contribution is 0.387. The van der Waals surface area contributed by atoms with Crippen LogP contribution in [0.5, 0.6) is 0 Å². The minimum atomic E-state index is -3.45. The van der Waals surface area contributed by atoms with E-state index in [4.69, 9.17) is 11.6 Å². The Kier molecular flexibility index (Phi) is 6.19. The minimum Gasteiger partial charge on any atom is -0.257 e. The van der Waals surface area contributed by atoms with Crippen LogP contribution < -0.4 is 0 Å². The topological polar surface area (TPSA) is 53.5 Å². The van der Waals surface area contributed by atoms with Gasteiger partial charge in [-0.1, -0.05) is 6.07 Å². The maximum Gasteiger partial charge on any atom is 0.281 e. The van der Waals surface area contributed by atoms with Crippen LogP contribution in [0.15, 0.2) is 18.2 Å². The summed E-state index contributed by atoms with van der Waals surface area (Å²) in [7, 11) is -0.345. The van der Waals surface area contributed by atoms with Crippen molar-refractivity contribution in [1.29, 1.82) is 0 Å². The summed E-state index contributed by atoms with van der Waals surface area (Å²) >= 11 is 5.58. The highest BCUT2D eigenvalue weighted by molar-refractivity contribution is 7.86. The molecule has 0 aliphatic rings. The lowest BCUT2D eigenvalue weighted by Gasteiger charge is -2.24. The van der Waals surface area contributed by atoms with Gasteiger partial charge in [-0.25, -0.2) is 0 Å². The zero-order valence-corrected chi connectivity index (χ0v) is 13.1. The molecule has 5 nitrogen and oxygen atoms in total. The maximum absolute atomic E-state index is 12.2. The molecule has 0 unspecified atom stereocenters. The van der Waals surface area contributed by atoms with Crippen molar-refractivity contribution in [2.75, 3.05) is 26.5 Å². The van der Waals surface area contributed by atoms with Gasteiger partial charge in [-0.3, -0.25) is 4.98 Å². The first-order valence-corrected chi connectivity index (χ1v) is 7.97. The number of alkyl halides is 1. The van der Waals surface area contributed by atoms with Gasteiger partial charge in [0.05, 0.1) is 12.2 Å². The molecule has 1 aromatic heterocycles. The Balaban J connectivity index is 2.73. The van der Waals surface area contributed by atoms with E-state index >= 15 is 0 Å². The second-order valence-electron chi connectivity index (χ2n) is 4.40. The monoisotopic (exact) mass is 305 g/mol. The molecule has 0 aliphatic heterocycles. The highest BCUT2D eigenvalue weighted by atomic mass is 35.5. The van der Waals surface area contributed by atoms with E-state index in [1.165, 1.54) is 8.61 Å². The Morgan fingerprint density at radius 2 is 1.95 bits per heavy atom. The van der Waals surface area contributed by atoms with E-state index in [-0.39, 0.29) is 6.54 Å². The van der Waals surface area contributed by atoms with Gasteiger partial charge in [-0.15, -0.1) is 11.6 Å². The third-order valence-corrected chi connectivity index (χ3v) is 4.88. The van der Waals surface area contributed by atoms with Gasteiger partial charge in [0, 0.05) is 32.2 Å². The molecule has 19 heavy (non-hydrogen) atoms. The van der Waals surface area contributed by atoms with Crippen LogP contribution in [0, 0.1) is 6.92 Å². The molecule has 0 amide bonds. The molecule has 0 atom stereocenters. The molecule has 1 heterocycles. The van der Waals surface area contributed by atoms with E-state index in [0.717, 1.165) is 11.4 Å². The highest BCUT2D eigenvalue weighted by Crippen LogP contribution is 2.09. The fraction of sp³-hybridized carbons (Fsp3) is 0.583. The summed E-state index contributed by atoms with van der Waals surface area (Å²) in [4.78, 5) is 4.30. The Bertz CT molecular complexity index is 507. The molecular formula is C12H20ClN3O2S. The van der Waals surface area contributed by atoms with Gasteiger partial charge in [0.1, 0.15) is 0 Å². The van der Waals surface area contributed by atoms with Crippen molar-refractivity contribution in [1.82, 2.24) is 13.6 Å². The van der Waals surface area contributed by atoms with Crippen molar-refractivity contribution in [2.45, 2.75) is 19.9 Å². The second-order valence-corrected chi connectivity index (χ2v) is 6.92.